The molecule has 0 saturated heterocycles. The summed E-state index contributed by atoms with van der Waals surface area (Å²) in [6, 6.07) is 0.832. The van der Waals surface area contributed by atoms with E-state index in [1.165, 1.54) is 6.07 Å². The highest BCUT2D eigenvalue weighted by Gasteiger charge is 2.35. The molecule has 3 heterocycles. The van der Waals surface area contributed by atoms with Crippen LogP contribution in [-0.4, -0.2) is 42.0 Å². The molecule has 0 radical (unpaired) electrons. The van der Waals surface area contributed by atoms with Crippen molar-refractivity contribution in [3.8, 4) is 11.4 Å². The molecular formula is C19H18ClFN6O2. The summed E-state index contributed by atoms with van der Waals surface area (Å²) in [5.41, 5.74) is 2.09. The van der Waals surface area contributed by atoms with E-state index in [2.05, 4.69) is 30.2 Å². The monoisotopic (exact) mass is 416 g/mol. The van der Waals surface area contributed by atoms with Gasteiger partial charge in [0, 0.05) is 17.1 Å². The summed E-state index contributed by atoms with van der Waals surface area (Å²) >= 11 is 6.09. The molecule has 0 aliphatic heterocycles. The van der Waals surface area contributed by atoms with Gasteiger partial charge in [0.1, 0.15) is 11.5 Å². The van der Waals surface area contributed by atoms with Crippen molar-refractivity contribution in [1.82, 2.24) is 24.9 Å². The summed E-state index contributed by atoms with van der Waals surface area (Å²) in [5, 5.41) is 13.2. The number of pyridine rings is 1. The van der Waals surface area contributed by atoms with E-state index in [4.69, 9.17) is 11.6 Å². The van der Waals surface area contributed by atoms with Gasteiger partial charge in [0.2, 0.25) is 11.2 Å². The number of carboxylic acid groups (broad SMARTS) is 1. The molecule has 1 aliphatic rings. The van der Waals surface area contributed by atoms with Crippen LogP contribution >= 0.6 is 11.6 Å². The first kappa shape index (κ1) is 19.3. The molecular weight excluding hydrogens is 399 g/mol. The minimum absolute atomic E-state index is 0.0468. The maximum Gasteiger partial charge on any atom is 0.309 e. The molecule has 29 heavy (non-hydrogen) atoms. The average molecular weight is 417 g/mol. The Morgan fingerprint density at radius 3 is 2.93 bits per heavy atom. The Bertz CT molecular complexity index is 1130. The second-order valence-electron chi connectivity index (χ2n) is 7.23. The first-order valence-electron chi connectivity index (χ1n) is 9.03. The first-order valence-corrected chi connectivity index (χ1v) is 9.41. The minimum atomic E-state index is -0.891. The van der Waals surface area contributed by atoms with E-state index in [0.717, 1.165) is 11.8 Å². The van der Waals surface area contributed by atoms with Gasteiger partial charge in [-0.25, -0.2) is 9.37 Å². The number of anilines is 1. The molecule has 3 aromatic rings. The highest BCUT2D eigenvalue weighted by atomic mass is 35.5. The molecule has 150 valence electrons. The van der Waals surface area contributed by atoms with Crippen LogP contribution in [0.25, 0.3) is 22.4 Å². The number of aliphatic carboxylic acids is 1. The second-order valence-corrected chi connectivity index (χ2v) is 7.57. The molecule has 10 heteroatoms. The zero-order chi connectivity index (χ0) is 20.7. The van der Waals surface area contributed by atoms with E-state index in [-0.39, 0.29) is 23.0 Å². The number of fused-ring (bicyclic) bond motifs is 1. The third-order valence-corrected chi connectivity index (χ3v) is 5.20. The van der Waals surface area contributed by atoms with Crippen LogP contribution in [0.1, 0.15) is 20.3 Å². The molecule has 1 aliphatic carbocycles. The van der Waals surface area contributed by atoms with Crippen LogP contribution < -0.4 is 5.32 Å². The fourth-order valence-corrected chi connectivity index (χ4v) is 4.00. The summed E-state index contributed by atoms with van der Waals surface area (Å²) in [6.07, 6.45) is 5.31. The molecule has 3 atom stereocenters. The zero-order valence-electron chi connectivity index (χ0n) is 15.6. The lowest BCUT2D eigenvalue weighted by molar-refractivity contribution is -0.143. The van der Waals surface area contributed by atoms with Crippen molar-refractivity contribution in [1.29, 1.82) is 0 Å². The summed E-state index contributed by atoms with van der Waals surface area (Å²) in [4.78, 5) is 31.3. The van der Waals surface area contributed by atoms with Gasteiger partial charge in [0.05, 0.1) is 18.2 Å². The number of hydrogen-bond acceptors (Lipinski definition) is 6. The number of aromatic nitrogens is 5. The summed E-state index contributed by atoms with van der Waals surface area (Å²) in [6.45, 7) is 3.87. The molecule has 0 fully saturated rings. The normalized spacial score (nSPS) is 21.8. The lowest BCUT2D eigenvalue weighted by Gasteiger charge is -2.32. The first-order chi connectivity index (χ1) is 13.8. The highest BCUT2D eigenvalue weighted by Crippen LogP contribution is 2.32. The van der Waals surface area contributed by atoms with Gasteiger partial charge in [-0.1, -0.05) is 18.6 Å². The van der Waals surface area contributed by atoms with E-state index in [9.17, 15) is 14.3 Å². The van der Waals surface area contributed by atoms with Gasteiger partial charge in [0.25, 0.3) is 0 Å². The van der Waals surface area contributed by atoms with Gasteiger partial charge >= 0.3 is 5.97 Å². The third kappa shape index (κ3) is 3.77. The standard InChI is InChI=1S/C19H18ClFN6O2/c1-8-3-9(2)14(17(28)29)13(4-8)24-19-26-16(25-18(20)27-19)12-7-23-15-11(12)5-10(21)6-22-15/h4-7,9,13-14H,3H2,1-2H3,(H,22,23)(H,28,29)(H,24,25,26,27)/t9?,13-,14-/m1/s1. The predicted octanol–water partition coefficient (Wildman–Crippen LogP) is 3.67. The maximum absolute atomic E-state index is 13.6. The van der Waals surface area contributed by atoms with Crippen LogP contribution in [0.15, 0.2) is 30.1 Å². The Balaban J connectivity index is 1.73. The van der Waals surface area contributed by atoms with Gasteiger partial charge in [-0.05, 0) is 36.9 Å². The highest BCUT2D eigenvalue weighted by molar-refractivity contribution is 6.28. The lowest BCUT2D eigenvalue weighted by atomic mass is 9.78. The van der Waals surface area contributed by atoms with Gasteiger partial charge in [-0.15, -0.1) is 0 Å². The van der Waals surface area contributed by atoms with Crippen LogP contribution in [0, 0.1) is 17.7 Å². The average Bonchev–Trinajstić information content (AvgIpc) is 3.03. The van der Waals surface area contributed by atoms with Crippen LogP contribution in [0.2, 0.25) is 5.28 Å². The maximum atomic E-state index is 13.6. The van der Waals surface area contributed by atoms with Crippen molar-refractivity contribution >= 4 is 34.6 Å². The smallest absolute Gasteiger partial charge is 0.309 e. The number of carbonyl (C=O) groups is 1. The molecule has 0 spiro atoms. The van der Waals surface area contributed by atoms with Gasteiger partial charge < -0.3 is 15.4 Å². The number of halogens is 2. The molecule has 8 nitrogen and oxygen atoms in total. The molecule has 4 rings (SSSR count). The Morgan fingerprint density at radius 2 is 2.17 bits per heavy atom. The number of hydrogen-bond donors (Lipinski definition) is 3. The minimum Gasteiger partial charge on any atom is -0.481 e. The van der Waals surface area contributed by atoms with E-state index in [1.54, 1.807) is 6.20 Å². The van der Waals surface area contributed by atoms with Crippen LogP contribution in [0.4, 0.5) is 10.3 Å². The molecule has 0 aromatic carbocycles. The number of nitrogens with one attached hydrogen (secondary N) is 2. The molecule has 0 amide bonds. The van der Waals surface area contributed by atoms with Crippen molar-refractivity contribution < 1.29 is 14.3 Å². The van der Waals surface area contributed by atoms with E-state index < -0.39 is 23.7 Å². The van der Waals surface area contributed by atoms with Crippen molar-refractivity contribution in [3.05, 3.63) is 41.2 Å². The lowest BCUT2D eigenvalue weighted by Crippen LogP contribution is -2.40. The quantitative estimate of drug-likeness (QED) is 0.555. The third-order valence-electron chi connectivity index (χ3n) is 5.04. The fraction of sp³-hybridized carbons (Fsp3) is 0.316. The van der Waals surface area contributed by atoms with E-state index in [0.29, 0.717) is 23.0 Å². The zero-order valence-corrected chi connectivity index (χ0v) is 16.4. The number of H-pyrrole nitrogens is 1. The Labute approximate surface area is 170 Å². The number of aromatic amines is 1. The Kier molecular flexibility index (Phi) is 4.91. The number of rotatable bonds is 4. The van der Waals surface area contributed by atoms with Crippen LogP contribution in [0.3, 0.4) is 0 Å². The molecule has 0 bridgehead atoms. The van der Waals surface area contributed by atoms with Crippen LogP contribution in [-0.2, 0) is 4.79 Å². The van der Waals surface area contributed by atoms with Crippen molar-refractivity contribution in [2.45, 2.75) is 26.3 Å². The summed E-state index contributed by atoms with van der Waals surface area (Å²) < 4.78 is 13.6. The second kappa shape index (κ2) is 7.40. The number of nitrogens with zero attached hydrogens (tertiary/aromatic N) is 4. The van der Waals surface area contributed by atoms with Crippen LogP contribution in [0.5, 0.6) is 0 Å². The van der Waals surface area contributed by atoms with Crippen molar-refractivity contribution in [2.75, 3.05) is 5.32 Å². The summed E-state index contributed by atoms with van der Waals surface area (Å²) in [7, 11) is 0. The molecule has 0 saturated carbocycles. The Hall–Kier alpha value is -3.07. The molecule has 1 unspecified atom stereocenters. The number of carboxylic acids is 1. The SMILES string of the molecule is CC1=C[C@@H](Nc2nc(Cl)nc(-c3c[nH]c4ncc(F)cc34)n2)[C@H](C(=O)O)C(C)C1. The largest absolute Gasteiger partial charge is 0.481 e. The van der Waals surface area contributed by atoms with E-state index in [1.807, 2.05) is 19.9 Å². The van der Waals surface area contributed by atoms with Crippen molar-refractivity contribution in [3.63, 3.8) is 0 Å². The number of allylic oxidation sites excluding steroid dienone is 1. The molecule has 3 aromatic heterocycles. The van der Waals surface area contributed by atoms with Gasteiger partial charge in [-0.2, -0.15) is 15.0 Å². The molecule has 3 N–H and O–H groups in total. The fourth-order valence-electron chi connectivity index (χ4n) is 3.84. The summed E-state index contributed by atoms with van der Waals surface area (Å²) in [5.74, 6) is -1.69. The predicted molar refractivity (Wildman–Crippen MR) is 106 cm³/mol. The van der Waals surface area contributed by atoms with Gasteiger partial charge in [0.15, 0.2) is 5.82 Å². The topological polar surface area (TPSA) is 117 Å². The Morgan fingerprint density at radius 1 is 1.38 bits per heavy atom. The van der Waals surface area contributed by atoms with E-state index >= 15 is 0 Å². The van der Waals surface area contributed by atoms with Crippen molar-refractivity contribution in [2.24, 2.45) is 11.8 Å². The van der Waals surface area contributed by atoms with Gasteiger partial charge in [-0.3, -0.25) is 4.79 Å².